The smallest absolute Gasteiger partial charge is 0.130 e. The second kappa shape index (κ2) is 7.69. The van der Waals surface area contributed by atoms with Crippen LogP contribution in [0.15, 0.2) is 42.6 Å². The molecule has 1 aliphatic rings. The van der Waals surface area contributed by atoms with Gasteiger partial charge in [0.15, 0.2) is 0 Å². The van der Waals surface area contributed by atoms with Crippen LogP contribution in [0.2, 0.25) is 10.2 Å². The third-order valence-corrected chi connectivity index (χ3v) is 5.23. The topological polar surface area (TPSA) is 56.1 Å². The summed E-state index contributed by atoms with van der Waals surface area (Å²) in [6, 6.07) is 13.4. The van der Waals surface area contributed by atoms with Gasteiger partial charge in [0.1, 0.15) is 11.0 Å². The summed E-state index contributed by atoms with van der Waals surface area (Å²) in [6.45, 7) is 4.41. The lowest BCUT2D eigenvalue weighted by atomic mass is 10.1. The first-order chi connectivity index (χ1) is 13.1. The van der Waals surface area contributed by atoms with Crippen molar-refractivity contribution in [2.75, 3.05) is 31.1 Å². The van der Waals surface area contributed by atoms with E-state index in [9.17, 15) is 5.26 Å². The molecule has 2 aromatic heterocycles. The molecule has 1 fully saturated rings. The van der Waals surface area contributed by atoms with Crippen molar-refractivity contribution >= 4 is 39.9 Å². The van der Waals surface area contributed by atoms with Crippen molar-refractivity contribution in [1.82, 2.24) is 14.9 Å². The fourth-order valence-corrected chi connectivity index (χ4v) is 3.62. The highest BCUT2D eigenvalue weighted by Gasteiger charge is 2.19. The Morgan fingerprint density at radius 2 is 1.85 bits per heavy atom. The predicted octanol–water partition coefficient (Wildman–Crippen LogP) is 4.13. The maximum Gasteiger partial charge on any atom is 0.130 e. The standard InChI is InChI=1S/C20H17Cl2N5/c21-16-2-3-18-17(10-16)15(11-23)9-20(25-18)27-7-5-26(6-8-27)13-14-1-4-19(22)24-12-14/h1-4,9-10,12H,5-8,13H2. The lowest BCUT2D eigenvalue weighted by Gasteiger charge is -2.35. The third kappa shape index (κ3) is 3.98. The Morgan fingerprint density at radius 3 is 2.56 bits per heavy atom. The zero-order valence-electron chi connectivity index (χ0n) is 14.6. The second-order valence-corrected chi connectivity index (χ2v) is 7.38. The summed E-state index contributed by atoms with van der Waals surface area (Å²) in [5.41, 5.74) is 2.55. The normalized spacial score (nSPS) is 15.1. The monoisotopic (exact) mass is 397 g/mol. The van der Waals surface area contributed by atoms with Crippen LogP contribution in [0.3, 0.4) is 0 Å². The summed E-state index contributed by atoms with van der Waals surface area (Å²) in [4.78, 5) is 13.5. The molecule has 0 saturated carbocycles. The molecule has 0 aliphatic carbocycles. The van der Waals surface area contributed by atoms with Gasteiger partial charge >= 0.3 is 0 Å². The molecule has 0 amide bonds. The number of piperazine rings is 1. The van der Waals surface area contributed by atoms with Gasteiger partial charge in [-0.1, -0.05) is 29.3 Å². The van der Waals surface area contributed by atoms with Crippen molar-refractivity contribution in [2.24, 2.45) is 0 Å². The number of nitrogens with zero attached hydrogens (tertiary/aromatic N) is 5. The highest BCUT2D eigenvalue weighted by molar-refractivity contribution is 6.31. The molecule has 1 saturated heterocycles. The fraction of sp³-hybridized carbons (Fsp3) is 0.250. The minimum atomic E-state index is 0.514. The minimum Gasteiger partial charge on any atom is -0.354 e. The summed E-state index contributed by atoms with van der Waals surface area (Å²) in [5, 5.41) is 11.4. The number of anilines is 1. The van der Waals surface area contributed by atoms with Crippen LogP contribution in [-0.2, 0) is 6.54 Å². The van der Waals surface area contributed by atoms with Crippen LogP contribution < -0.4 is 4.90 Å². The van der Waals surface area contributed by atoms with Gasteiger partial charge in [-0.3, -0.25) is 4.90 Å². The first kappa shape index (κ1) is 18.0. The maximum atomic E-state index is 9.51. The van der Waals surface area contributed by atoms with Gasteiger partial charge in [0.25, 0.3) is 0 Å². The van der Waals surface area contributed by atoms with Crippen molar-refractivity contribution in [3.8, 4) is 6.07 Å². The summed E-state index contributed by atoms with van der Waals surface area (Å²) in [7, 11) is 0. The first-order valence-electron chi connectivity index (χ1n) is 8.70. The number of aromatic nitrogens is 2. The SMILES string of the molecule is N#Cc1cc(N2CCN(Cc3ccc(Cl)nc3)CC2)nc2ccc(Cl)cc12. The molecule has 0 unspecified atom stereocenters. The molecule has 0 radical (unpaired) electrons. The first-order valence-corrected chi connectivity index (χ1v) is 9.46. The number of hydrogen-bond acceptors (Lipinski definition) is 5. The lowest BCUT2D eigenvalue weighted by molar-refractivity contribution is 0.249. The van der Waals surface area contributed by atoms with E-state index in [1.54, 1.807) is 12.1 Å². The Labute approximate surface area is 167 Å². The molecule has 4 rings (SSSR count). The van der Waals surface area contributed by atoms with Gasteiger partial charge in [-0.15, -0.1) is 0 Å². The van der Waals surface area contributed by atoms with Crippen LogP contribution in [0.5, 0.6) is 0 Å². The summed E-state index contributed by atoms with van der Waals surface area (Å²) < 4.78 is 0. The summed E-state index contributed by atoms with van der Waals surface area (Å²) in [5.74, 6) is 0.842. The average molecular weight is 398 g/mol. The second-order valence-electron chi connectivity index (χ2n) is 6.55. The Balaban J connectivity index is 1.48. The van der Waals surface area contributed by atoms with Crippen LogP contribution in [0.1, 0.15) is 11.1 Å². The van der Waals surface area contributed by atoms with Gasteiger partial charge in [-0.2, -0.15) is 5.26 Å². The molecule has 27 heavy (non-hydrogen) atoms. The van der Waals surface area contributed by atoms with Crippen LogP contribution in [0, 0.1) is 11.3 Å². The Bertz CT molecular complexity index is 1010. The van der Waals surface area contributed by atoms with Gasteiger partial charge in [0, 0.05) is 49.3 Å². The largest absolute Gasteiger partial charge is 0.354 e. The fourth-order valence-electron chi connectivity index (χ4n) is 3.33. The quantitative estimate of drug-likeness (QED) is 0.621. The molecule has 5 nitrogen and oxygen atoms in total. The number of benzene rings is 1. The van der Waals surface area contributed by atoms with Crippen molar-refractivity contribution in [2.45, 2.75) is 6.54 Å². The highest BCUT2D eigenvalue weighted by Crippen LogP contribution is 2.26. The Hall–Kier alpha value is -2.39. The molecular weight excluding hydrogens is 381 g/mol. The van der Waals surface area contributed by atoms with Crippen LogP contribution in [0.4, 0.5) is 5.82 Å². The zero-order chi connectivity index (χ0) is 18.8. The number of hydrogen-bond donors (Lipinski definition) is 0. The van der Waals surface area contributed by atoms with Crippen molar-refractivity contribution in [1.29, 1.82) is 5.26 Å². The molecule has 136 valence electrons. The van der Waals surface area contributed by atoms with E-state index in [0.717, 1.165) is 55.0 Å². The Morgan fingerprint density at radius 1 is 1.04 bits per heavy atom. The molecule has 3 heterocycles. The van der Waals surface area contributed by atoms with Crippen molar-refractivity contribution in [3.05, 3.63) is 63.9 Å². The van der Waals surface area contributed by atoms with E-state index in [1.165, 1.54) is 0 Å². The van der Waals surface area contributed by atoms with Gasteiger partial charge < -0.3 is 4.90 Å². The molecule has 3 aromatic rings. The maximum absolute atomic E-state index is 9.51. The van der Waals surface area contributed by atoms with Gasteiger partial charge in [-0.25, -0.2) is 9.97 Å². The van der Waals surface area contributed by atoms with Crippen molar-refractivity contribution < 1.29 is 0 Å². The number of fused-ring (bicyclic) bond motifs is 1. The molecule has 1 aliphatic heterocycles. The minimum absolute atomic E-state index is 0.514. The van der Waals surface area contributed by atoms with Crippen LogP contribution in [-0.4, -0.2) is 41.0 Å². The van der Waals surface area contributed by atoms with Crippen LogP contribution >= 0.6 is 23.2 Å². The summed E-state index contributed by atoms with van der Waals surface area (Å²) in [6.07, 6.45) is 1.82. The average Bonchev–Trinajstić information content (AvgIpc) is 2.69. The van der Waals surface area contributed by atoms with E-state index in [1.807, 2.05) is 30.5 Å². The summed E-state index contributed by atoms with van der Waals surface area (Å²) >= 11 is 11.9. The predicted molar refractivity (Wildman–Crippen MR) is 108 cm³/mol. The highest BCUT2D eigenvalue weighted by atomic mass is 35.5. The molecule has 1 aromatic carbocycles. The van der Waals surface area contributed by atoms with Gasteiger partial charge in [0.05, 0.1) is 17.1 Å². The van der Waals surface area contributed by atoms with Gasteiger partial charge in [0.2, 0.25) is 0 Å². The number of halogens is 2. The zero-order valence-corrected chi connectivity index (χ0v) is 16.1. The number of pyridine rings is 2. The lowest BCUT2D eigenvalue weighted by Crippen LogP contribution is -2.46. The molecule has 7 heteroatoms. The van der Waals surface area contributed by atoms with E-state index in [-0.39, 0.29) is 0 Å². The van der Waals surface area contributed by atoms with E-state index >= 15 is 0 Å². The van der Waals surface area contributed by atoms with E-state index in [0.29, 0.717) is 15.7 Å². The van der Waals surface area contributed by atoms with Crippen molar-refractivity contribution in [3.63, 3.8) is 0 Å². The van der Waals surface area contributed by atoms with E-state index < -0.39 is 0 Å². The molecule has 0 N–H and O–H groups in total. The molecule has 0 spiro atoms. The van der Waals surface area contributed by atoms with Crippen LogP contribution in [0.25, 0.3) is 10.9 Å². The van der Waals surface area contributed by atoms with E-state index in [4.69, 9.17) is 28.2 Å². The van der Waals surface area contributed by atoms with E-state index in [2.05, 4.69) is 20.9 Å². The number of rotatable bonds is 3. The van der Waals surface area contributed by atoms with Gasteiger partial charge in [-0.05, 0) is 35.9 Å². The third-order valence-electron chi connectivity index (χ3n) is 4.77. The molecular formula is C20H17Cl2N5. The molecule has 0 bridgehead atoms. The number of nitriles is 1. The Kier molecular flexibility index (Phi) is 5.13. The molecule has 0 atom stereocenters.